The molecular weight excluding hydrogens is 242 g/mol. The summed E-state index contributed by atoms with van der Waals surface area (Å²) in [4.78, 5) is 0. The third-order valence-corrected chi connectivity index (χ3v) is 3.69. The van der Waals surface area contributed by atoms with E-state index in [0.29, 0.717) is 0 Å². The van der Waals surface area contributed by atoms with Gasteiger partial charge >= 0.3 is 0 Å². The van der Waals surface area contributed by atoms with Gasteiger partial charge in [0.25, 0.3) is 0 Å². The summed E-state index contributed by atoms with van der Waals surface area (Å²) in [6, 6.07) is 2.05. The molecule has 0 aliphatic heterocycles. The number of nitrogens with two attached hydrogens (primary N) is 1. The zero-order valence-electron chi connectivity index (χ0n) is 8.48. The highest BCUT2D eigenvalue weighted by Crippen LogP contribution is 2.48. The van der Waals surface area contributed by atoms with Crippen molar-refractivity contribution in [2.75, 3.05) is 6.54 Å². The first-order chi connectivity index (χ1) is 6.68. The van der Waals surface area contributed by atoms with Gasteiger partial charge < -0.3 is 10.2 Å². The van der Waals surface area contributed by atoms with E-state index >= 15 is 0 Å². The number of furan rings is 1. The van der Waals surface area contributed by atoms with Gasteiger partial charge in [0.05, 0.1) is 0 Å². The number of hydrogen-bond donors (Lipinski definition) is 1. The van der Waals surface area contributed by atoms with Crippen LogP contribution in [-0.4, -0.2) is 6.54 Å². The molecule has 1 fully saturated rings. The average molecular weight is 258 g/mol. The van der Waals surface area contributed by atoms with Crippen molar-refractivity contribution in [1.29, 1.82) is 0 Å². The predicted octanol–water partition coefficient (Wildman–Crippen LogP) is 3.12. The Morgan fingerprint density at radius 2 is 2.29 bits per heavy atom. The first-order valence-corrected chi connectivity index (χ1v) is 5.94. The van der Waals surface area contributed by atoms with Crippen LogP contribution >= 0.6 is 15.9 Å². The Labute approximate surface area is 93.0 Å². The summed E-state index contributed by atoms with van der Waals surface area (Å²) in [5, 5.41) is 0. The lowest BCUT2D eigenvalue weighted by Crippen LogP contribution is -2.36. The maximum atomic E-state index is 5.74. The van der Waals surface area contributed by atoms with E-state index in [1.54, 1.807) is 0 Å². The minimum Gasteiger partial charge on any atom is -0.453 e. The quantitative estimate of drug-likeness (QED) is 0.904. The van der Waals surface area contributed by atoms with Crippen LogP contribution in [0.4, 0.5) is 0 Å². The van der Waals surface area contributed by atoms with Crippen LogP contribution in [0.25, 0.3) is 0 Å². The van der Waals surface area contributed by atoms with Gasteiger partial charge in [-0.1, -0.05) is 6.42 Å². The van der Waals surface area contributed by atoms with E-state index in [1.807, 2.05) is 6.07 Å². The highest BCUT2D eigenvalue weighted by Gasteiger charge is 2.41. The smallest absolute Gasteiger partial charge is 0.169 e. The van der Waals surface area contributed by atoms with E-state index in [-0.39, 0.29) is 5.41 Å². The molecule has 78 valence electrons. The number of halogens is 1. The Balaban J connectivity index is 2.31. The second-order valence-electron chi connectivity index (χ2n) is 4.24. The van der Waals surface area contributed by atoms with Crippen LogP contribution < -0.4 is 5.73 Å². The molecule has 2 nitrogen and oxygen atoms in total. The summed E-state index contributed by atoms with van der Waals surface area (Å²) in [6.07, 6.45) is 4.81. The Bertz CT molecular complexity index is 328. The highest BCUT2D eigenvalue weighted by atomic mass is 79.9. The standard InChI is InChI=1S/C11H16BrNO/c1-8-7-9(12)14-10(8)11(5-6-13)3-2-4-11/h7H,2-6,13H2,1H3. The molecule has 1 aliphatic rings. The van der Waals surface area contributed by atoms with Gasteiger partial charge in [0.2, 0.25) is 0 Å². The molecule has 0 saturated heterocycles. The van der Waals surface area contributed by atoms with Gasteiger partial charge in [-0.05, 0) is 60.3 Å². The van der Waals surface area contributed by atoms with Gasteiger partial charge in [-0.25, -0.2) is 0 Å². The molecule has 0 atom stereocenters. The van der Waals surface area contributed by atoms with Crippen LogP contribution in [0, 0.1) is 6.92 Å². The molecule has 1 aliphatic carbocycles. The molecule has 3 heteroatoms. The van der Waals surface area contributed by atoms with Gasteiger partial charge in [0, 0.05) is 5.41 Å². The topological polar surface area (TPSA) is 39.2 Å². The molecule has 1 aromatic rings. The first-order valence-electron chi connectivity index (χ1n) is 5.14. The van der Waals surface area contributed by atoms with E-state index in [0.717, 1.165) is 23.4 Å². The van der Waals surface area contributed by atoms with Gasteiger partial charge in [0.15, 0.2) is 4.67 Å². The average Bonchev–Trinajstić information content (AvgIpc) is 2.38. The molecule has 1 saturated carbocycles. The van der Waals surface area contributed by atoms with Gasteiger partial charge in [-0.2, -0.15) is 0 Å². The second-order valence-corrected chi connectivity index (χ2v) is 5.02. The summed E-state index contributed by atoms with van der Waals surface area (Å²) < 4.78 is 6.58. The Hall–Kier alpha value is -0.280. The van der Waals surface area contributed by atoms with Crippen molar-refractivity contribution in [3.63, 3.8) is 0 Å². The Morgan fingerprint density at radius 1 is 1.57 bits per heavy atom. The molecule has 2 rings (SSSR count). The summed E-state index contributed by atoms with van der Waals surface area (Å²) in [5.41, 5.74) is 7.17. The number of aryl methyl sites for hydroxylation is 1. The lowest BCUT2D eigenvalue weighted by molar-refractivity contribution is 0.184. The lowest BCUT2D eigenvalue weighted by Gasteiger charge is -2.40. The minimum absolute atomic E-state index is 0.255. The lowest BCUT2D eigenvalue weighted by atomic mass is 9.64. The van der Waals surface area contributed by atoms with Crippen LogP contribution in [0.5, 0.6) is 0 Å². The van der Waals surface area contributed by atoms with Gasteiger partial charge in [-0.15, -0.1) is 0 Å². The van der Waals surface area contributed by atoms with Crippen molar-refractivity contribution in [2.45, 2.75) is 38.0 Å². The van der Waals surface area contributed by atoms with Gasteiger partial charge in [-0.3, -0.25) is 0 Å². The monoisotopic (exact) mass is 257 g/mol. The minimum atomic E-state index is 0.255. The molecule has 0 unspecified atom stereocenters. The maximum Gasteiger partial charge on any atom is 0.169 e. The first kappa shape index (κ1) is 10.2. The zero-order chi connectivity index (χ0) is 10.2. The van der Waals surface area contributed by atoms with E-state index in [2.05, 4.69) is 22.9 Å². The van der Waals surface area contributed by atoms with Crippen LogP contribution in [0.1, 0.15) is 37.0 Å². The fourth-order valence-corrected chi connectivity index (χ4v) is 2.95. The van der Waals surface area contributed by atoms with Crippen LogP contribution in [0.3, 0.4) is 0 Å². The molecule has 1 heterocycles. The summed E-state index contributed by atoms with van der Waals surface area (Å²) in [6.45, 7) is 2.86. The predicted molar refractivity (Wildman–Crippen MR) is 60.3 cm³/mol. The Morgan fingerprint density at radius 3 is 2.64 bits per heavy atom. The molecule has 0 radical (unpaired) electrons. The van der Waals surface area contributed by atoms with Crippen LogP contribution in [0.15, 0.2) is 15.2 Å². The zero-order valence-corrected chi connectivity index (χ0v) is 10.1. The van der Waals surface area contributed by atoms with Crippen molar-refractivity contribution in [2.24, 2.45) is 5.73 Å². The van der Waals surface area contributed by atoms with E-state index < -0.39 is 0 Å². The maximum absolute atomic E-state index is 5.74. The van der Waals surface area contributed by atoms with Crippen molar-refractivity contribution in [3.05, 3.63) is 22.1 Å². The van der Waals surface area contributed by atoms with Crippen molar-refractivity contribution < 1.29 is 4.42 Å². The molecule has 1 aromatic heterocycles. The Kier molecular flexibility index (Phi) is 2.71. The van der Waals surface area contributed by atoms with E-state index in [9.17, 15) is 0 Å². The molecule has 2 N–H and O–H groups in total. The molecule has 0 bridgehead atoms. The van der Waals surface area contributed by atoms with E-state index in [4.69, 9.17) is 10.2 Å². The molecule has 14 heavy (non-hydrogen) atoms. The normalized spacial score (nSPS) is 19.4. The van der Waals surface area contributed by atoms with Crippen molar-refractivity contribution in [1.82, 2.24) is 0 Å². The molecular formula is C11H16BrNO. The number of hydrogen-bond acceptors (Lipinski definition) is 2. The van der Waals surface area contributed by atoms with Crippen LogP contribution in [0.2, 0.25) is 0 Å². The molecule has 0 amide bonds. The third kappa shape index (κ3) is 1.52. The third-order valence-electron chi connectivity index (χ3n) is 3.30. The summed E-state index contributed by atoms with van der Waals surface area (Å²) in [5.74, 6) is 1.15. The van der Waals surface area contributed by atoms with Crippen molar-refractivity contribution >= 4 is 15.9 Å². The fourth-order valence-electron chi connectivity index (χ4n) is 2.44. The molecule has 0 spiro atoms. The summed E-state index contributed by atoms with van der Waals surface area (Å²) in [7, 11) is 0. The van der Waals surface area contributed by atoms with E-state index in [1.165, 1.54) is 24.8 Å². The van der Waals surface area contributed by atoms with Crippen LogP contribution in [-0.2, 0) is 5.41 Å². The molecule has 0 aromatic carbocycles. The number of rotatable bonds is 3. The summed E-state index contributed by atoms with van der Waals surface area (Å²) >= 11 is 3.38. The van der Waals surface area contributed by atoms with Gasteiger partial charge in [0.1, 0.15) is 5.76 Å². The van der Waals surface area contributed by atoms with Crippen molar-refractivity contribution in [3.8, 4) is 0 Å². The SMILES string of the molecule is Cc1cc(Br)oc1C1(CCN)CCC1. The second kappa shape index (κ2) is 3.70. The fraction of sp³-hybridized carbons (Fsp3) is 0.636. The largest absolute Gasteiger partial charge is 0.453 e. The highest BCUT2D eigenvalue weighted by molar-refractivity contribution is 9.10.